The van der Waals surface area contributed by atoms with Crippen LogP contribution in [0.1, 0.15) is 17.3 Å². The van der Waals surface area contributed by atoms with Gasteiger partial charge in [-0.25, -0.2) is 4.79 Å². The number of methoxy groups -OCH3 is 2. The Kier molecular flexibility index (Phi) is 5.07. The topological polar surface area (TPSA) is 103 Å². The zero-order valence-electron chi connectivity index (χ0n) is 15.0. The van der Waals surface area contributed by atoms with Gasteiger partial charge in [-0.3, -0.25) is 4.79 Å². The van der Waals surface area contributed by atoms with Gasteiger partial charge in [0.05, 0.1) is 25.5 Å². The maximum absolute atomic E-state index is 12.7. The molecule has 0 spiro atoms. The van der Waals surface area contributed by atoms with Crippen LogP contribution in [0.15, 0.2) is 36.4 Å². The summed E-state index contributed by atoms with van der Waals surface area (Å²) >= 11 is 0. The zero-order chi connectivity index (χ0) is 19.6. The summed E-state index contributed by atoms with van der Waals surface area (Å²) in [5.74, 6) is -0.227. The SMILES string of the molecule is COc1cc(NC(=O)C2Oc3ccccc3OC2C)c(C(=O)O)cc1OC. The molecule has 2 atom stereocenters. The molecular formula is C19H19NO7. The third kappa shape index (κ3) is 3.59. The highest BCUT2D eigenvalue weighted by Gasteiger charge is 2.34. The van der Waals surface area contributed by atoms with Crippen LogP contribution in [0.25, 0.3) is 0 Å². The van der Waals surface area contributed by atoms with E-state index in [2.05, 4.69) is 5.32 Å². The first kappa shape index (κ1) is 18.4. The molecule has 2 N–H and O–H groups in total. The molecule has 1 aliphatic heterocycles. The zero-order valence-corrected chi connectivity index (χ0v) is 15.0. The average molecular weight is 373 g/mol. The molecule has 27 heavy (non-hydrogen) atoms. The molecule has 2 aromatic carbocycles. The number of carbonyl (C=O) groups excluding carboxylic acids is 1. The predicted molar refractivity (Wildman–Crippen MR) is 96.1 cm³/mol. The summed E-state index contributed by atoms with van der Waals surface area (Å²) in [4.78, 5) is 24.3. The second-order valence-corrected chi connectivity index (χ2v) is 5.86. The van der Waals surface area contributed by atoms with Gasteiger partial charge in [0.2, 0.25) is 6.10 Å². The second kappa shape index (κ2) is 7.45. The lowest BCUT2D eigenvalue weighted by Crippen LogP contribution is -2.46. The molecule has 2 unspecified atom stereocenters. The van der Waals surface area contributed by atoms with Crippen molar-refractivity contribution >= 4 is 17.6 Å². The van der Waals surface area contributed by atoms with E-state index in [1.54, 1.807) is 31.2 Å². The molecule has 0 saturated heterocycles. The number of fused-ring (bicyclic) bond motifs is 1. The van der Waals surface area contributed by atoms with Crippen molar-refractivity contribution < 1.29 is 33.6 Å². The number of carbonyl (C=O) groups is 2. The number of rotatable bonds is 5. The molecule has 0 aromatic heterocycles. The van der Waals surface area contributed by atoms with E-state index in [1.165, 1.54) is 26.4 Å². The molecule has 8 heteroatoms. The van der Waals surface area contributed by atoms with Crippen molar-refractivity contribution in [3.8, 4) is 23.0 Å². The molecular weight excluding hydrogens is 354 g/mol. The third-order valence-corrected chi connectivity index (χ3v) is 4.11. The van der Waals surface area contributed by atoms with Crippen LogP contribution in [-0.2, 0) is 4.79 Å². The van der Waals surface area contributed by atoms with Crippen molar-refractivity contribution in [2.45, 2.75) is 19.1 Å². The quantitative estimate of drug-likeness (QED) is 0.830. The van der Waals surface area contributed by atoms with E-state index < -0.39 is 24.1 Å². The van der Waals surface area contributed by atoms with E-state index in [0.29, 0.717) is 11.5 Å². The predicted octanol–water partition coefficient (Wildman–Crippen LogP) is 2.57. The largest absolute Gasteiger partial charge is 0.493 e. The smallest absolute Gasteiger partial charge is 0.337 e. The summed E-state index contributed by atoms with van der Waals surface area (Å²) in [6.07, 6.45) is -1.51. The fourth-order valence-corrected chi connectivity index (χ4v) is 2.77. The van der Waals surface area contributed by atoms with Crippen molar-refractivity contribution in [3.05, 3.63) is 42.0 Å². The Balaban J connectivity index is 1.88. The molecule has 0 radical (unpaired) electrons. The number of carboxylic acids is 1. The van der Waals surface area contributed by atoms with Crippen LogP contribution in [0, 0.1) is 0 Å². The van der Waals surface area contributed by atoms with Crippen molar-refractivity contribution in [3.63, 3.8) is 0 Å². The van der Waals surface area contributed by atoms with Gasteiger partial charge in [-0.15, -0.1) is 0 Å². The van der Waals surface area contributed by atoms with Crippen LogP contribution in [0.5, 0.6) is 23.0 Å². The lowest BCUT2D eigenvalue weighted by molar-refractivity contribution is -0.128. The van der Waals surface area contributed by atoms with E-state index in [9.17, 15) is 14.7 Å². The monoisotopic (exact) mass is 373 g/mol. The highest BCUT2D eigenvalue weighted by Crippen LogP contribution is 2.36. The Morgan fingerprint density at radius 2 is 1.63 bits per heavy atom. The minimum Gasteiger partial charge on any atom is -0.493 e. The van der Waals surface area contributed by atoms with Crippen molar-refractivity contribution in [2.75, 3.05) is 19.5 Å². The Morgan fingerprint density at radius 3 is 2.22 bits per heavy atom. The number of para-hydroxylation sites is 2. The maximum Gasteiger partial charge on any atom is 0.337 e. The molecule has 3 rings (SSSR count). The summed E-state index contributed by atoms with van der Waals surface area (Å²) < 4.78 is 21.7. The minimum absolute atomic E-state index is 0.0693. The van der Waals surface area contributed by atoms with Crippen molar-refractivity contribution in [1.82, 2.24) is 0 Å². The van der Waals surface area contributed by atoms with E-state index in [0.717, 1.165) is 0 Å². The Bertz CT molecular complexity index is 880. The van der Waals surface area contributed by atoms with Crippen LogP contribution in [0.3, 0.4) is 0 Å². The van der Waals surface area contributed by atoms with Gasteiger partial charge in [-0.2, -0.15) is 0 Å². The molecule has 0 saturated carbocycles. The number of hydrogen-bond donors (Lipinski definition) is 2. The summed E-state index contributed by atoms with van der Waals surface area (Å²) in [6.45, 7) is 1.70. The normalized spacial score (nSPS) is 17.7. The van der Waals surface area contributed by atoms with E-state index in [-0.39, 0.29) is 22.7 Å². The van der Waals surface area contributed by atoms with Crippen molar-refractivity contribution in [1.29, 1.82) is 0 Å². The lowest BCUT2D eigenvalue weighted by Gasteiger charge is -2.31. The lowest BCUT2D eigenvalue weighted by atomic mass is 10.1. The first-order chi connectivity index (χ1) is 12.9. The van der Waals surface area contributed by atoms with Crippen LogP contribution in [-0.4, -0.2) is 43.4 Å². The molecule has 142 valence electrons. The number of hydrogen-bond acceptors (Lipinski definition) is 6. The summed E-state index contributed by atoms with van der Waals surface area (Å²) in [5.41, 5.74) is -0.0643. The van der Waals surface area contributed by atoms with Gasteiger partial charge in [0.1, 0.15) is 6.10 Å². The summed E-state index contributed by atoms with van der Waals surface area (Å²) in [6, 6.07) is 9.69. The van der Waals surface area contributed by atoms with Gasteiger partial charge in [0.15, 0.2) is 23.0 Å². The molecule has 1 heterocycles. The maximum atomic E-state index is 12.7. The first-order valence-electron chi connectivity index (χ1n) is 8.17. The van der Waals surface area contributed by atoms with Gasteiger partial charge in [0.25, 0.3) is 5.91 Å². The summed E-state index contributed by atoms with van der Waals surface area (Å²) in [7, 11) is 2.81. The highest BCUT2D eigenvalue weighted by molar-refractivity contribution is 6.03. The Morgan fingerprint density at radius 1 is 1.04 bits per heavy atom. The van der Waals surface area contributed by atoms with Gasteiger partial charge in [-0.05, 0) is 19.1 Å². The fourth-order valence-electron chi connectivity index (χ4n) is 2.77. The number of benzene rings is 2. The first-order valence-corrected chi connectivity index (χ1v) is 8.17. The molecule has 1 aliphatic rings. The fraction of sp³-hybridized carbons (Fsp3) is 0.263. The van der Waals surface area contributed by atoms with Gasteiger partial charge in [0, 0.05) is 12.1 Å². The van der Waals surface area contributed by atoms with Crippen LogP contribution < -0.4 is 24.3 Å². The third-order valence-electron chi connectivity index (χ3n) is 4.11. The van der Waals surface area contributed by atoms with Gasteiger partial charge < -0.3 is 29.4 Å². The number of anilines is 1. The molecule has 0 aliphatic carbocycles. The number of amides is 1. The number of aromatic carboxylic acids is 1. The van der Waals surface area contributed by atoms with E-state index >= 15 is 0 Å². The number of nitrogens with one attached hydrogen (secondary N) is 1. The second-order valence-electron chi connectivity index (χ2n) is 5.86. The molecule has 2 aromatic rings. The minimum atomic E-state index is -1.22. The van der Waals surface area contributed by atoms with Gasteiger partial charge in [-0.1, -0.05) is 12.1 Å². The standard InChI is InChI=1S/C19H19NO7/c1-10-17(27-14-7-5-4-6-13(14)26-10)18(21)20-12-9-16(25-3)15(24-2)8-11(12)19(22)23/h4-10,17H,1-3H3,(H,20,21)(H,22,23). The van der Waals surface area contributed by atoms with Crippen molar-refractivity contribution in [2.24, 2.45) is 0 Å². The molecule has 1 amide bonds. The molecule has 8 nitrogen and oxygen atoms in total. The van der Waals surface area contributed by atoms with E-state index in [4.69, 9.17) is 18.9 Å². The van der Waals surface area contributed by atoms with E-state index in [1.807, 2.05) is 0 Å². The van der Waals surface area contributed by atoms with Gasteiger partial charge >= 0.3 is 5.97 Å². The number of ether oxygens (including phenoxy) is 4. The average Bonchev–Trinajstić information content (AvgIpc) is 2.66. The number of carboxylic acid groups (broad SMARTS) is 1. The Hall–Kier alpha value is -3.42. The highest BCUT2D eigenvalue weighted by atomic mass is 16.6. The van der Waals surface area contributed by atoms with Crippen LogP contribution in [0.4, 0.5) is 5.69 Å². The van der Waals surface area contributed by atoms with Crippen LogP contribution in [0.2, 0.25) is 0 Å². The molecule has 0 fully saturated rings. The molecule has 0 bridgehead atoms. The summed E-state index contributed by atoms with van der Waals surface area (Å²) in [5, 5.41) is 12.0. The van der Waals surface area contributed by atoms with Crippen LogP contribution >= 0.6 is 0 Å². The Labute approximate surface area is 155 Å².